The number of pyridine rings is 1. The number of hydrogen-bond acceptors (Lipinski definition) is 8. The molecule has 1 rings (SSSR count). The molecule has 10 heteroatoms. The number of rotatable bonds is 5. The number of carbonyl (C=O) groups excluding carboxylic acids is 1. The van der Waals surface area contributed by atoms with E-state index in [4.69, 9.17) is 0 Å². The van der Waals surface area contributed by atoms with Crippen LogP contribution in [0, 0.1) is 10.1 Å². The van der Waals surface area contributed by atoms with E-state index in [1.165, 1.54) is 0 Å². The predicted octanol–water partition coefficient (Wildman–Crippen LogP) is 0.253. The van der Waals surface area contributed by atoms with E-state index < -0.39 is 33.3 Å². The van der Waals surface area contributed by atoms with Crippen molar-refractivity contribution in [1.82, 2.24) is 4.98 Å². The number of ether oxygens (including phenoxy) is 1. The minimum atomic E-state index is -3.72. The second-order valence-corrected chi connectivity index (χ2v) is 5.06. The summed E-state index contributed by atoms with van der Waals surface area (Å²) in [4.78, 5) is 24.9. The Labute approximate surface area is 108 Å². The molecule has 9 nitrogen and oxygen atoms in total. The van der Waals surface area contributed by atoms with Crippen molar-refractivity contribution in [3.05, 3.63) is 33.6 Å². The highest BCUT2D eigenvalue weighted by Gasteiger charge is 2.17. The van der Waals surface area contributed by atoms with Gasteiger partial charge in [0.2, 0.25) is 0 Å². The van der Waals surface area contributed by atoms with Gasteiger partial charge >= 0.3 is 5.97 Å². The second-order valence-electron chi connectivity index (χ2n) is 3.42. The van der Waals surface area contributed by atoms with Crippen LogP contribution >= 0.6 is 0 Å². The Bertz CT molecular complexity index is 611. The molecule has 0 amide bonds. The van der Waals surface area contributed by atoms with Crippen molar-refractivity contribution in [2.45, 2.75) is 6.61 Å². The zero-order valence-corrected chi connectivity index (χ0v) is 10.8. The van der Waals surface area contributed by atoms with Crippen LogP contribution in [0.1, 0.15) is 16.2 Å². The lowest BCUT2D eigenvalue weighted by Gasteiger charge is -2.04. The van der Waals surface area contributed by atoms with Crippen LogP contribution in [0.5, 0.6) is 0 Å². The Morgan fingerprint density at radius 1 is 1.47 bits per heavy atom. The fourth-order valence-corrected chi connectivity index (χ4v) is 1.46. The molecule has 0 saturated heterocycles. The third kappa shape index (κ3) is 4.60. The number of aromatic nitrogens is 1. The first-order chi connectivity index (χ1) is 8.73. The first-order valence-electron chi connectivity index (χ1n) is 4.81. The molecule has 0 N–H and O–H groups in total. The van der Waals surface area contributed by atoms with Crippen molar-refractivity contribution in [3.8, 4) is 0 Å². The minimum Gasteiger partial charge on any atom is -0.464 e. The molecule has 0 unspecified atom stereocenters. The van der Waals surface area contributed by atoms with Gasteiger partial charge in [0.25, 0.3) is 15.8 Å². The lowest BCUT2D eigenvalue weighted by molar-refractivity contribution is -0.385. The van der Waals surface area contributed by atoms with Crippen molar-refractivity contribution in [1.29, 1.82) is 0 Å². The van der Waals surface area contributed by atoms with Crippen LogP contribution in [0.25, 0.3) is 0 Å². The van der Waals surface area contributed by atoms with Gasteiger partial charge in [-0.2, -0.15) is 8.42 Å². The summed E-state index contributed by atoms with van der Waals surface area (Å²) in [7, 11) is -2.63. The van der Waals surface area contributed by atoms with Crippen LogP contribution in [-0.4, -0.2) is 37.7 Å². The summed E-state index contributed by atoms with van der Waals surface area (Å²) in [6.45, 7) is -0.509. The third-order valence-electron chi connectivity index (χ3n) is 1.89. The van der Waals surface area contributed by atoms with Crippen LogP contribution in [0.4, 0.5) is 5.69 Å². The normalized spacial score (nSPS) is 11.1. The smallest absolute Gasteiger partial charge is 0.356 e. The summed E-state index contributed by atoms with van der Waals surface area (Å²) in [5.74, 6) is -0.871. The Morgan fingerprint density at radius 3 is 2.58 bits per heavy atom. The topological polar surface area (TPSA) is 126 Å². The fourth-order valence-electron chi connectivity index (χ4n) is 1.13. The van der Waals surface area contributed by atoms with E-state index >= 15 is 0 Å². The van der Waals surface area contributed by atoms with Gasteiger partial charge in [0.05, 0.1) is 24.0 Å². The van der Waals surface area contributed by atoms with E-state index in [9.17, 15) is 23.3 Å². The van der Waals surface area contributed by atoms with Gasteiger partial charge in [-0.25, -0.2) is 9.78 Å². The highest BCUT2D eigenvalue weighted by molar-refractivity contribution is 7.85. The average molecular weight is 290 g/mol. The van der Waals surface area contributed by atoms with Gasteiger partial charge in [-0.15, -0.1) is 0 Å². The van der Waals surface area contributed by atoms with E-state index in [0.717, 1.165) is 25.5 Å². The molecular weight excluding hydrogens is 280 g/mol. The molecule has 1 aromatic rings. The Balaban J connectivity index is 3.13. The summed E-state index contributed by atoms with van der Waals surface area (Å²) < 4.78 is 30.5. The van der Waals surface area contributed by atoms with Crippen LogP contribution in [-0.2, 0) is 25.6 Å². The summed E-state index contributed by atoms with van der Waals surface area (Å²) >= 11 is 0. The highest BCUT2D eigenvalue weighted by atomic mass is 32.2. The maximum atomic E-state index is 11.3. The Hall–Kier alpha value is -2.07. The number of hydrogen-bond donors (Lipinski definition) is 0. The molecule has 0 aliphatic heterocycles. The summed E-state index contributed by atoms with van der Waals surface area (Å²) in [5.41, 5.74) is -0.786. The predicted molar refractivity (Wildman–Crippen MR) is 61.9 cm³/mol. The molecule has 0 saturated carbocycles. The lowest BCUT2D eigenvalue weighted by atomic mass is 10.2. The van der Waals surface area contributed by atoms with E-state index in [2.05, 4.69) is 13.9 Å². The minimum absolute atomic E-state index is 0.0694. The zero-order chi connectivity index (χ0) is 14.6. The maximum absolute atomic E-state index is 11.3. The van der Waals surface area contributed by atoms with Gasteiger partial charge in [-0.3, -0.25) is 14.3 Å². The van der Waals surface area contributed by atoms with E-state index in [0.29, 0.717) is 0 Å². The summed E-state index contributed by atoms with van der Waals surface area (Å²) in [6.07, 6.45) is 0.825. The van der Waals surface area contributed by atoms with Gasteiger partial charge in [-0.05, 0) is 0 Å². The quantitative estimate of drug-likeness (QED) is 0.327. The SMILES string of the molecule is COC(=O)c1cc([N+](=O)[O-])cc(COS(C)(=O)=O)n1. The van der Waals surface area contributed by atoms with Gasteiger partial charge in [0.15, 0.2) is 5.69 Å². The molecule has 0 aromatic carbocycles. The molecule has 104 valence electrons. The van der Waals surface area contributed by atoms with E-state index in [1.54, 1.807) is 0 Å². The van der Waals surface area contributed by atoms with Crippen molar-refractivity contribution in [2.24, 2.45) is 0 Å². The van der Waals surface area contributed by atoms with Gasteiger partial charge in [0, 0.05) is 12.1 Å². The second kappa shape index (κ2) is 5.71. The number of nitro groups is 1. The molecule has 0 aliphatic rings. The largest absolute Gasteiger partial charge is 0.464 e. The number of esters is 1. The van der Waals surface area contributed by atoms with Crippen molar-refractivity contribution in [2.75, 3.05) is 13.4 Å². The first kappa shape index (κ1) is 15.0. The molecule has 0 atom stereocenters. The van der Waals surface area contributed by atoms with E-state index in [-0.39, 0.29) is 11.4 Å². The van der Waals surface area contributed by atoms with Crippen molar-refractivity contribution in [3.63, 3.8) is 0 Å². The number of carbonyl (C=O) groups is 1. The fraction of sp³-hybridized carbons (Fsp3) is 0.333. The summed E-state index contributed by atoms with van der Waals surface area (Å²) in [6, 6.07) is 1.94. The van der Waals surface area contributed by atoms with Gasteiger partial charge in [0.1, 0.15) is 6.61 Å². The van der Waals surface area contributed by atoms with Crippen LogP contribution in [0.3, 0.4) is 0 Å². The number of nitrogens with zero attached hydrogens (tertiary/aromatic N) is 2. The van der Waals surface area contributed by atoms with Crippen LogP contribution in [0.2, 0.25) is 0 Å². The molecule has 1 heterocycles. The lowest BCUT2D eigenvalue weighted by Crippen LogP contribution is -2.10. The Kier molecular flexibility index (Phi) is 4.51. The van der Waals surface area contributed by atoms with Gasteiger partial charge in [-0.1, -0.05) is 0 Å². The average Bonchev–Trinajstić information content (AvgIpc) is 2.34. The Morgan fingerprint density at radius 2 is 2.11 bits per heavy atom. The molecule has 19 heavy (non-hydrogen) atoms. The van der Waals surface area contributed by atoms with Crippen LogP contribution in [0.15, 0.2) is 12.1 Å². The van der Waals surface area contributed by atoms with Gasteiger partial charge < -0.3 is 4.74 Å². The molecule has 0 fully saturated rings. The standard InChI is InChI=1S/C9H10N2O7S/c1-17-9(12)8-4-7(11(13)14)3-6(10-8)5-18-19(2,15)16/h3-4H,5H2,1-2H3. The monoisotopic (exact) mass is 290 g/mol. The first-order valence-corrected chi connectivity index (χ1v) is 6.62. The van der Waals surface area contributed by atoms with Crippen molar-refractivity contribution < 1.29 is 27.1 Å². The summed E-state index contributed by atoms with van der Waals surface area (Å²) in [5, 5.41) is 10.7. The maximum Gasteiger partial charge on any atom is 0.356 e. The molecule has 1 aromatic heterocycles. The molecular formula is C9H10N2O7S. The zero-order valence-electron chi connectivity index (χ0n) is 10.0. The van der Waals surface area contributed by atoms with E-state index in [1.807, 2.05) is 0 Å². The van der Waals surface area contributed by atoms with Crippen LogP contribution < -0.4 is 0 Å². The molecule has 0 aliphatic carbocycles. The highest BCUT2D eigenvalue weighted by Crippen LogP contribution is 2.16. The molecule has 0 radical (unpaired) electrons. The molecule has 0 bridgehead atoms. The number of methoxy groups -OCH3 is 1. The molecule has 0 spiro atoms. The van der Waals surface area contributed by atoms with Crippen molar-refractivity contribution >= 4 is 21.8 Å². The third-order valence-corrected chi connectivity index (χ3v) is 2.44.